The summed E-state index contributed by atoms with van der Waals surface area (Å²) in [4.78, 5) is 48.1. The number of methoxy groups -OCH3 is 1. The quantitative estimate of drug-likeness (QED) is 0.555. The first-order valence-electron chi connectivity index (χ1n) is 8.56. The number of imide groups is 1. The third-order valence-corrected chi connectivity index (χ3v) is 4.71. The zero-order chi connectivity index (χ0) is 21.5. The molecule has 3 aromatic rings. The number of thiophene rings is 1. The van der Waals surface area contributed by atoms with Crippen LogP contribution in [0.2, 0.25) is 0 Å². The van der Waals surface area contributed by atoms with Crippen molar-refractivity contribution in [2.75, 3.05) is 19.0 Å². The van der Waals surface area contributed by atoms with E-state index in [4.69, 9.17) is 13.9 Å². The van der Waals surface area contributed by atoms with Crippen molar-refractivity contribution in [2.24, 2.45) is 0 Å². The molecule has 0 fully saturated rings. The molecule has 2 heterocycles. The number of hydrogen-bond acceptors (Lipinski definition) is 8. The molecular formula is C20H16N2O7S. The van der Waals surface area contributed by atoms with Gasteiger partial charge in [-0.3, -0.25) is 19.7 Å². The van der Waals surface area contributed by atoms with Crippen LogP contribution >= 0.6 is 11.3 Å². The van der Waals surface area contributed by atoms with Gasteiger partial charge >= 0.3 is 5.97 Å². The molecule has 9 nitrogen and oxygen atoms in total. The zero-order valence-corrected chi connectivity index (χ0v) is 16.5. The van der Waals surface area contributed by atoms with Crippen molar-refractivity contribution >= 4 is 40.0 Å². The largest absolute Gasteiger partial charge is 0.497 e. The Morgan fingerprint density at radius 3 is 2.43 bits per heavy atom. The molecule has 3 amide bonds. The molecule has 2 N–H and O–H groups in total. The Hall–Kier alpha value is -3.92. The highest BCUT2D eigenvalue weighted by atomic mass is 32.1. The van der Waals surface area contributed by atoms with Crippen molar-refractivity contribution in [1.82, 2.24) is 5.32 Å². The number of esters is 1. The molecule has 30 heavy (non-hydrogen) atoms. The van der Waals surface area contributed by atoms with Crippen molar-refractivity contribution in [3.05, 3.63) is 71.0 Å². The number of rotatable bonds is 7. The highest BCUT2D eigenvalue weighted by molar-refractivity contribution is 7.18. The third kappa shape index (κ3) is 5.32. The van der Waals surface area contributed by atoms with Gasteiger partial charge in [-0.2, -0.15) is 0 Å². The van der Waals surface area contributed by atoms with Crippen molar-refractivity contribution in [3.63, 3.8) is 0 Å². The van der Waals surface area contributed by atoms with E-state index in [0.29, 0.717) is 10.8 Å². The molecule has 0 unspecified atom stereocenters. The lowest BCUT2D eigenvalue weighted by Gasteiger charge is -2.06. The molecule has 2 aromatic heterocycles. The molecule has 10 heteroatoms. The van der Waals surface area contributed by atoms with Gasteiger partial charge in [0.05, 0.1) is 18.4 Å². The summed E-state index contributed by atoms with van der Waals surface area (Å²) in [5, 5.41) is 5.11. The van der Waals surface area contributed by atoms with Gasteiger partial charge in [0.2, 0.25) is 0 Å². The van der Waals surface area contributed by atoms with Crippen molar-refractivity contribution in [3.8, 4) is 5.75 Å². The van der Waals surface area contributed by atoms with Crippen LogP contribution in [0.5, 0.6) is 5.75 Å². The van der Waals surface area contributed by atoms with Crippen LogP contribution in [-0.4, -0.2) is 37.4 Å². The van der Waals surface area contributed by atoms with E-state index in [1.807, 2.05) is 0 Å². The summed E-state index contributed by atoms with van der Waals surface area (Å²) < 4.78 is 14.9. The number of anilines is 1. The van der Waals surface area contributed by atoms with Gasteiger partial charge in [0.1, 0.15) is 10.6 Å². The molecule has 0 saturated carbocycles. The van der Waals surface area contributed by atoms with E-state index in [2.05, 4.69) is 10.6 Å². The summed E-state index contributed by atoms with van der Waals surface area (Å²) in [6.07, 6.45) is 1.37. The minimum atomic E-state index is -0.771. The van der Waals surface area contributed by atoms with Gasteiger partial charge in [-0.15, -0.1) is 11.3 Å². The van der Waals surface area contributed by atoms with Gasteiger partial charge in [-0.05, 0) is 48.5 Å². The number of amides is 3. The fraction of sp³-hybridized carbons (Fsp3) is 0.100. The van der Waals surface area contributed by atoms with Crippen LogP contribution in [0.25, 0.3) is 0 Å². The number of furan rings is 1. The van der Waals surface area contributed by atoms with Gasteiger partial charge in [0.15, 0.2) is 12.4 Å². The second-order valence-electron chi connectivity index (χ2n) is 5.78. The van der Waals surface area contributed by atoms with Crippen LogP contribution in [0.3, 0.4) is 0 Å². The first-order valence-corrected chi connectivity index (χ1v) is 9.38. The van der Waals surface area contributed by atoms with E-state index in [-0.39, 0.29) is 16.2 Å². The Morgan fingerprint density at radius 2 is 1.77 bits per heavy atom. The monoisotopic (exact) mass is 428 g/mol. The molecule has 0 aliphatic heterocycles. The molecule has 0 atom stereocenters. The van der Waals surface area contributed by atoms with Gasteiger partial charge in [-0.1, -0.05) is 0 Å². The van der Waals surface area contributed by atoms with Gasteiger partial charge in [0, 0.05) is 5.56 Å². The standard InChI is InChI=1S/C20H16N2O7S/c1-27-13-6-4-12(5-7-13)18(24)21-16(23)11-29-20(26)15-8-9-17(30-15)22-19(25)14-3-2-10-28-14/h2-10H,11H2,1H3,(H,22,25)(H,21,23,24). The number of ether oxygens (including phenoxy) is 2. The zero-order valence-electron chi connectivity index (χ0n) is 15.7. The third-order valence-electron chi connectivity index (χ3n) is 3.73. The minimum absolute atomic E-state index is 0.130. The molecule has 154 valence electrons. The Labute approximate surface area is 174 Å². The molecule has 0 aliphatic rings. The Balaban J connectivity index is 1.47. The fourth-order valence-corrected chi connectivity index (χ4v) is 3.07. The van der Waals surface area contributed by atoms with E-state index in [0.717, 1.165) is 11.3 Å². The first kappa shape index (κ1) is 20.8. The van der Waals surface area contributed by atoms with E-state index >= 15 is 0 Å². The normalized spacial score (nSPS) is 10.2. The highest BCUT2D eigenvalue weighted by Crippen LogP contribution is 2.23. The van der Waals surface area contributed by atoms with E-state index in [9.17, 15) is 19.2 Å². The van der Waals surface area contributed by atoms with Crippen LogP contribution in [0.1, 0.15) is 30.6 Å². The lowest BCUT2D eigenvalue weighted by atomic mass is 10.2. The van der Waals surface area contributed by atoms with Gasteiger partial charge in [0.25, 0.3) is 17.7 Å². The van der Waals surface area contributed by atoms with Crippen molar-refractivity contribution in [2.45, 2.75) is 0 Å². The smallest absolute Gasteiger partial charge is 0.348 e. The maximum Gasteiger partial charge on any atom is 0.348 e. The molecule has 0 aliphatic carbocycles. The molecule has 0 spiro atoms. The maximum absolute atomic E-state index is 12.1. The minimum Gasteiger partial charge on any atom is -0.497 e. The van der Waals surface area contributed by atoms with E-state index < -0.39 is 30.3 Å². The summed E-state index contributed by atoms with van der Waals surface area (Å²) in [7, 11) is 1.50. The fourth-order valence-electron chi connectivity index (χ4n) is 2.28. The Morgan fingerprint density at radius 1 is 1.00 bits per heavy atom. The summed E-state index contributed by atoms with van der Waals surface area (Å²) in [6, 6.07) is 12.2. The number of nitrogens with one attached hydrogen (secondary N) is 2. The maximum atomic E-state index is 12.1. The molecule has 0 bridgehead atoms. The van der Waals surface area contributed by atoms with Crippen molar-refractivity contribution < 1.29 is 33.1 Å². The average molecular weight is 428 g/mol. The van der Waals surface area contributed by atoms with Crippen LogP contribution in [0.4, 0.5) is 5.00 Å². The van der Waals surface area contributed by atoms with Crippen LogP contribution < -0.4 is 15.4 Å². The predicted octanol–water partition coefficient (Wildman–Crippen LogP) is 2.72. The summed E-state index contributed by atoms with van der Waals surface area (Å²) >= 11 is 0.974. The Kier molecular flexibility index (Phi) is 6.60. The Bertz CT molecular complexity index is 1060. The summed E-state index contributed by atoms with van der Waals surface area (Å²) in [5.74, 6) is -1.92. The number of benzene rings is 1. The molecule has 1 aromatic carbocycles. The molecular weight excluding hydrogens is 412 g/mol. The molecule has 3 rings (SSSR count). The summed E-state index contributed by atoms with van der Waals surface area (Å²) in [5.41, 5.74) is 0.255. The predicted molar refractivity (Wildman–Crippen MR) is 107 cm³/mol. The second-order valence-corrected chi connectivity index (χ2v) is 6.86. The van der Waals surface area contributed by atoms with E-state index in [1.54, 1.807) is 18.2 Å². The van der Waals surface area contributed by atoms with Gasteiger partial charge < -0.3 is 19.2 Å². The molecule has 0 radical (unpaired) electrons. The average Bonchev–Trinajstić information content (AvgIpc) is 3.44. The number of hydrogen-bond donors (Lipinski definition) is 2. The second kappa shape index (κ2) is 9.52. The number of carbonyl (C=O) groups excluding carboxylic acids is 4. The van der Waals surface area contributed by atoms with Crippen LogP contribution in [0, 0.1) is 0 Å². The lowest BCUT2D eigenvalue weighted by molar-refractivity contribution is -0.123. The van der Waals surface area contributed by atoms with E-state index in [1.165, 1.54) is 43.7 Å². The first-order chi connectivity index (χ1) is 14.5. The molecule has 0 saturated heterocycles. The summed E-state index contributed by atoms with van der Waals surface area (Å²) in [6.45, 7) is -0.632. The van der Waals surface area contributed by atoms with Crippen LogP contribution in [0.15, 0.2) is 59.2 Å². The lowest BCUT2D eigenvalue weighted by Crippen LogP contribution is -2.34. The topological polar surface area (TPSA) is 124 Å². The SMILES string of the molecule is COc1ccc(C(=O)NC(=O)COC(=O)c2ccc(NC(=O)c3ccco3)s2)cc1. The van der Waals surface area contributed by atoms with Crippen LogP contribution in [-0.2, 0) is 9.53 Å². The number of carbonyl (C=O) groups is 4. The van der Waals surface area contributed by atoms with Gasteiger partial charge in [-0.25, -0.2) is 4.79 Å². The highest BCUT2D eigenvalue weighted by Gasteiger charge is 2.17. The van der Waals surface area contributed by atoms with Crippen molar-refractivity contribution in [1.29, 1.82) is 0 Å².